The first kappa shape index (κ1) is 16.9. The molecule has 3 aromatic rings. The highest BCUT2D eigenvalue weighted by atomic mass is 35.5. The molecule has 1 aliphatic heterocycles. The molecule has 0 bridgehead atoms. The number of para-hydroxylation sites is 1. The molecule has 8 heteroatoms. The zero-order valence-electron chi connectivity index (χ0n) is 13.7. The van der Waals surface area contributed by atoms with Crippen molar-refractivity contribution in [3.05, 3.63) is 65.1 Å². The van der Waals surface area contributed by atoms with Gasteiger partial charge in [0, 0.05) is 11.1 Å². The SMILES string of the molecule is Cc1coc(CN=C2NSc3cccc(-c4cccc(F)c4Cl)c3N2)n1. The number of hydrogen-bond acceptors (Lipinski definition) is 4. The van der Waals surface area contributed by atoms with Crippen LogP contribution in [0.4, 0.5) is 10.1 Å². The van der Waals surface area contributed by atoms with E-state index in [0.717, 1.165) is 21.8 Å². The van der Waals surface area contributed by atoms with Crippen molar-refractivity contribution >= 4 is 35.2 Å². The molecule has 0 unspecified atom stereocenters. The van der Waals surface area contributed by atoms with Crippen LogP contribution >= 0.6 is 23.5 Å². The van der Waals surface area contributed by atoms with Crippen molar-refractivity contribution in [3.8, 4) is 11.1 Å². The van der Waals surface area contributed by atoms with Gasteiger partial charge in [-0.15, -0.1) is 0 Å². The van der Waals surface area contributed by atoms with Gasteiger partial charge in [-0.3, -0.25) is 4.72 Å². The lowest BCUT2D eigenvalue weighted by molar-refractivity contribution is 0.498. The maximum absolute atomic E-state index is 13.9. The molecule has 132 valence electrons. The van der Waals surface area contributed by atoms with Crippen molar-refractivity contribution in [2.24, 2.45) is 4.99 Å². The number of aryl methyl sites for hydroxylation is 1. The van der Waals surface area contributed by atoms with Gasteiger partial charge in [0.1, 0.15) is 18.6 Å². The Labute approximate surface area is 158 Å². The largest absolute Gasteiger partial charge is 0.447 e. The highest BCUT2D eigenvalue weighted by molar-refractivity contribution is 7.98. The molecule has 0 fully saturated rings. The predicted molar refractivity (Wildman–Crippen MR) is 102 cm³/mol. The molecule has 5 nitrogen and oxygen atoms in total. The van der Waals surface area contributed by atoms with Crippen molar-refractivity contribution in [3.63, 3.8) is 0 Å². The number of aromatic nitrogens is 1. The lowest BCUT2D eigenvalue weighted by Gasteiger charge is -2.23. The Balaban J connectivity index is 1.67. The van der Waals surface area contributed by atoms with E-state index < -0.39 is 5.82 Å². The quantitative estimate of drug-likeness (QED) is 0.617. The van der Waals surface area contributed by atoms with Gasteiger partial charge in [0.25, 0.3) is 0 Å². The Hall–Kier alpha value is -2.51. The van der Waals surface area contributed by atoms with Gasteiger partial charge in [-0.05, 0) is 31.0 Å². The summed E-state index contributed by atoms with van der Waals surface area (Å²) in [4.78, 5) is 9.65. The van der Waals surface area contributed by atoms with Gasteiger partial charge >= 0.3 is 0 Å². The molecule has 2 heterocycles. The number of hydrogen-bond donors (Lipinski definition) is 2. The second-order valence-corrected chi connectivity index (χ2v) is 6.88. The number of oxazole rings is 1. The maximum Gasteiger partial charge on any atom is 0.216 e. The number of anilines is 1. The molecule has 2 N–H and O–H groups in total. The number of fused-ring (bicyclic) bond motifs is 1. The van der Waals surface area contributed by atoms with Gasteiger partial charge < -0.3 is 9.73 Å². The molecule has 0 atom stereocenters. The Morgan fingerprint density at radius 1 is 1.23 bits per heavy atom. The molecule has 26 heavy (non-hydrogen) atoms. The molecule has 4 rings (SSSR count). The molecule has 0 saturated carbocycles. The number of halogens is 2. The van der Waals surface area contributed by atoms with Crippen molar-refractivity contribution in [2.75, 3.05) is 5.32 Å². The van der Waals surface area contributed by atoms with Crippen LogP contribution in [0, 0.1) is 12.7 Å². The van der Waals surface area contributed by atoms with E-state index in [0.29, 0.717) is 24.0 Å². The summed E-state index contributed by atoms with van der Waals surface area (Å²) in [5.74, 6) is 0.658. The van der Waals surface area contributed by atoms with Gasteiger partial charge in [0.05, 0.1) is 21.3 Å². The van der Waals surface area contributed by atoms with E-state index in [4.69, 9.17) is 16.0 Å². The molecule has 0 spiro atoms. The summed E-state index contributed by atoms with van der Waals surface area (Å²) >= 11 is 7.60. The topological polar surface area (TPSA) is 62.5 Å². The summed E-state index contributed by atoms with van der Waals surface area (Å²) < 4.78 is 22.3. The number of aliphatic imine (C=N–C) groups is 1. The summed E-state index contributed by atoms with van der Waals surface area (Å²) in [6.45, 7) is 2.17. The van der Waals surface area contributed by atoms with Gasteiger partial charge in [0.2, 0.25) is 11.9 Å². The van der Waals surface area contributed by atoms with Crippen LogP contribution in [0.15, 0.2) is 57.0 Å². The predicted octanol–water partition coefficient (Wildman–Crippen LogP) is 5.02. The molecular formula is C18H14ClFN4OS. The van der Waals surface area contributed by atoms with Crippen molar-refractivity contribution in [2.45, 2.75) is 18.4 Å². The second kappa shape index (κ2) is 7.01. The van der Waals surface area contributed by atoms with Crippen LogP contribution in [0.5, 0.6) is 0 Å². The number of benzene rings is 2. The van der Waals surface area contributed by atoms with Gasteiger partial charge in [-0.2, -0.15) is 0 Å². The summed E-state index contributed by atoms with van der Waals surface area (Å²) in [5, 5.41) is 3.35. The highest BCUT2D eigenvalue weighted by Crippen LogP contribution is 2.40. The zero-order chi connectivity index (χ0) is 18.1. The van der Waals surface area contributed by atoms with Crippen LogP contribution in [-0.4, -0.2) is 10.9 Å². The molecule has 0 amide bonds. The van der Waals surface area contributed by atoms with E-state index in [1.54, 1.807) is 18.4 Å². The van der Waals surface area contributed by atoms with E-state index in [9.17, 15) is 4.39 Å². The summed E-state index contributed by atoms with van der Waals surface area (Å²) in [5.41, 5.74) is 3.07. The number of nitrogens with zero attached hydrogens (tertiary/aromatic N) is 2. The molecule has 0 aliphatic carbocycles. The fraction of sp³-hybridized carbons (Fsp3) is 0.111. The average Bonchev–Trinajstić information content (AvgIpc) is 3.07. The third-order valence-corrected chi connectivity index (χ3v) is 5.05. The molecule has 0 saturated heterocycles. The van der Waals surface area contributed by atoms with Crippen LogP contribution in [0.25, 0.3) is 11.1 Å². The minimum atomic E-state index is -0.448. The fourth-order valence-electron chi connectivity index (χ4n) is 2.62. The Kier molecular flexibility index (Phi) is 4.57. The molecule has 2 aromatic carbocycles. The monoisotopic (exact) mass is 388 g/mol. The Morgan fingerprint density at radius 3 is 2.85 bits per heavy atom. The molecular weight excluding hydrogens is 375 g/mol. The van der Waals surface area contributed by atoms with Crippen LogP contribution in [0.2, 0.25) is 5.02 Å². The van der Waals surface area contributed by atoms with E-state index in [2.05, 4.69) is 20.0 Å². The average molecular weight is 389 g/mol. The van der Waals surface area contributed by atoms with E-state index in [1.165, 1.54) is 18.0 Å². The normalized spacial score (nSPS) is 14.7. The lowest BCUT2D eigenvalue weighted by Crippen LogP contribution is -2.29. The first-order chi connectivity index (χ1) is 12.6. The standard InChI is InChI=1S/C18H14ClFN4OS/c1-10-9-25-15(22-10)8-21-18-23-17-12(5-3-7-14(17)26-24-18)11-4-2-6-13(20)16(11)19/h2-7,9H,8H2,1H3,(H2,21,23,24). The Morgan fingerprint density at radius 2 is 2.04 bits per heavy atom. The minimum absolute atomic E-state index is 0.0972. The van der Waals surface area contributed by atoms with Crippen molar-refractivity contribution < 1.29 is 8.81 Å². The van der Waals surface area contributed by atoms with Crippen molar-refractivity contribution in [1.82, 2.24) is 9.71 Å². The molecule has 0 radical (unpaired) electrons. The lowest BCUT2D eigenvalue weighted by atomic mass is 10.0. The first-order valence-corrected chi connectivity index (χ1v) is 9.04. The van der Waals surface area contributed by atoms with Gasteiger partial charge in [-0.25, -0.2) is 14.4 Å². The van der Waals surface area contributed by atoms with Gasteiger partial charge in [-0.1, -0.05) is 35.9 Å². The third kappa shape index (κ3) is 3.27. The second-order valence-electron chi connectivity index (χ2n) is 5.66. The van der Waals surface area contributed by atoms with Crippen LogP contribution in [0.1, 0.15) is 11.6 Å². The van der Waals surface area contributed by atoms with Crippen LogP contribution in [-0.2, 0) is 6.54 Å². The summed E-state index contributed by atoms with van der Waals surface area (Å²) in [7, 11) is 0. The van der Waals surface area contributed by atoms with E-state index in [-0.39, 0.29) is 5.02 Å². The Bertz CT molecular complexity index is 1000. The van der Waals surface area contributed by atoms with Gasteiger partial charge in [0.15, 0.2) is 0 Å². The minimum Gasteiger partial charge on any atom is -0.447 e. The van der Waals surface area contributed by atoms with E-state index >= 15 is 0 Å². The summed E-state index contributed by atoms with van der Waals surface area (Å²) in [6.07, 6.45) is 1.59. The molecule has 1 aromatic heterocycles. The summed E-state index contributed by atoms with van der Waals surface area (Å²) in [6, 6.07) is 10.5. The fourth-order valence-corrected chi connectivity index (χ4v) is 3.58. The zero-order valence-corrected chi connectivity index (χ0v) is 15.3. The van der Waals surface area contributed by atoms with E-state index in [1.807, 2.05) is 25.1 Å². The molecule has 1 aliphatic rings. The number of rotatable bonds is 3. The number of guanidine groups is 1. The number of nitrogens with one attached hydrogen (secondary N) is 2. The maximum atomic E-state index is 13.9. The van der Waals surface area contributed by atoms with Crippen LogP contribution in [0.3, 0.4) is 0 Å². The van der Waals surface area contributed by atoms with Crippen molar-refractivity contribution in [1.29, 1.82) is 0 Å². The smallest absolute Gasteiger partial charge is 0.216 e. The highest BCUT2D eigenvalue weighted by Gasteiger charge is 2.20. The third-order valence-electron chi connectivity index (χ3n) is 3.81. The van der Waals surface area contributed by atoms with Crippen LogP contribution < -0.4 is 10.0 Å². The first-order valence-electron chi connectivity index (χ1n) is 7.84.